The minimum absolute atomic E-state index is 0.265. The Bertz CT molecular complexity index is 1240. The molecule has 3 aromatic rings. The zero-order valence-corrected chi connectivity index (χ0v) is 21.2. The number of nitrogens with one attached hydrogen (secondary N) is 2. The summed E-state index contributed by atoms with van der Waals surface area (Å²) in [7, 11) is 1.34. The molecule has 8 nitrogen and oxygen atoms in total. The molecule has 2 aromatic carbocycles. The molecule has 0 bridgehead atoms. The van der Waals surface area contributed by atoms with Gasteiger partial charge in [-0.1, -0.05) is 23.3 Å². The van der Waals surface area contributed by atoms with Crippen LogP contribution in [-0.2, 0) is 17.7 Å². The van der Waals surface area contributed by atoms with Gasteiger partial charge in [0.25, 0.3) is 5.91 Å². The monoisotopic (exact) mass is 475 g/mol. The van der Waals surface area contributed by atoms with Crippen LogP contribution >= 0.6 is 0 Å². The Morgan fingerprint density at radius 2 is 1.74 bits per heavy atom. The van der Waals surface area contributed by atoms with E-state index in [9.17, 15) is 9.59 Å². The van der Waals surface area contributed by atoms with Crippen LogP contribution in [0.4, 0.5) is 5.69 Å². The average Bonchev–Trinajstić information content (AvgIpc) is 3.10. The third kappa shape index (κ3) is 6.56. The number of esters is 1. The van der Waals surface area contributed by atoms with Crippen molar-refractivity contribution in [1.82, 2.24) is 15.1 Å². The molecule has 0 aliphatic rings. The molecule has 0 aliphatic heterocycles. The predicted molar refractivity (Wildman–Crippen MR) is 138 cm³/mol. The minimum Gasteiger partial charge on any atom is -0.465 e. The van der Waals surface area contributed by atoms with Gasteiger partial charge in [-0.25, -0.2) is 4.79 Å². The summed E-state index contributed by atoms with van der Waals surface area (Å²) in [6.07, 6.45) is 0.685. The first-order valence-corrected chi connectivity index (χ1v) is 11.6. The number of ether oxygens (including phenoxy) is 1. The Balaban J connectivity index is 1.85. The van der Waals surface area contributed by atoms with E-state index < -0.39 is 5.97 Å². The van der Waals surface area contributed by atoms with E-state index in [-0.39, 0.29) is 5.91 Å². The third-order valence-corrected chi connectivity index (χ3v) is 5.72. The second-order valence-electron chi connectivity index (χ2n) is 8.47. The lowest BCUT2D eigenvalue weighted by atomic mass is 10.1. The number of aliphatic imine (C=N–C) groups is 1. The Morgan fingerprint density at radius 1 is 1.03 bits per heavy atom. The molecular weight excluding hydrogens is 442 g/mol. The lowest BCUT2D eigenvalue weighted by Gasteiger charge is -2.13. The van der Waals surface area contributed by atoms with E-state index in [4.69, 9.17) is 4.74 Å². The highest BCUT2D eigenvalue weighted by Crippen LogP contribution is 2.15. The van der Waals surface area contributed by atoms with Crippen molar-refractivity contribution in [3.63, 3.8) is 0 Å². The van der Waals surface area contributed by atoms with E-state index in [2.05, 4.69) is 34.6 Å². The normalized spacial score (nSPS) is 11.3. The smallest absolute Gasteiger partial charge is 0.337 e. The maximum atomic E-state index is 13.0. The summed E-state index contributed by atoms with van der Waals surface area (Å²) in [4.78, 5) is 29.6. The maximum Gasteiger partial charge on any atom is 0.337 e. The van der Waals surface area contributed by atoms with Gasteiger partial charge in [0, 0.05) is 30.0 Å². The molecular formula is C27H33N5O3. The SMILES string of the molecule is CCn1nc(C)c(CCN=C(NC(=O)c2cc(C)cc(C)c2)Nc2cccc(C(=O)OC)c2)c1C. The Morgan fingerprint density at radius 3 is 2.37 bits per heavy atom. The minimum atomic E-state index is -0.440. The van der Waals surface area contributed by atoms with Gasteiger partial charge in [0.2, 0.25) is 5.96 Å². The molecule has 0 radical (unpaired) electrons. The predicted octanol–water partition coefficient (Wildman–Crippen LogP) is 4.36. The molecule has 0 aliphatic carbocycles. The largest absolute Gasteiger partial charge is 0.465 e. The molecule has 0 atom stereocenters. The first-order valence-electron chi connectivity index (χ1n) is 11.6. The fourth-order valence-corrected chi connectivity index (χ4v) is 4.06. The highest BCUT2D eigenvalue weighted by atomic mass is 16.5. The molecule has 1 heterocycles. The van der Waals surface area contributed by atoms with E-state index in [1.54, 1.807) is 24.3 Å². The number of benzene rings is 2. The topological polar surface area (TPSA) is 97.6 Å². The van der Waals surface area contributed by atoms with Crippen molar-refractivity contribution in [3.05, 3.63) is 81.7 Å². The number of guanidine groups is 1. The summed E-state index contributed by atoms with van der Waals surface area (Å²) in [6.45, 7) is 11.3. The summed E-state index contributed by atoms with van der Waals surface area (Å²) in [5.74, 6) is -0.405. The van der Waals surface area contributed by atoms with E-state index >= 15 is 0 Å². The van der Waals surface area contributed by atoms with Gasteiger partial charge in [0.05, 0.1) is 18.4 Å². The lowest BCUT2D eigenvalue weighted by Crippen LogP contribution is -2.36. The zero-order chi connectivity index (χ0) is 25.5. The van der Waals surface area contributed by atoms with E-state index in [1.807, 2.05) is 43.7 Å². The summed E-state index contributed by atoms with van der Waals surface area (Å²) in [5, 5.41) is 10.6. The molecule has 0 spiro atoms. The molecule has 3 rings (SSSR count). The number of nitrogens with zero attached hydrogens (tertiary/aromatic N) is 3. The molecule has 0 fully saturated rings. The number of hydrogen-bond donors (Lipinski definition) is 2. The Hall–Kier alpha value is -3.94. The molecule has 0 saturated carbocycles. The number of anilines is 1. The summed E-state index contributed by atoms with van der Waals surface area (Å²) >= 11 is 0. The van der Waals surface area contributed by atoms with E-state index in [0.717, 1.165) is 34.6 Å². The van der Waals surface area contributed by atoms with Gasteiger partial charge in [-0.3, -0.25) is 19.8 Å². The number of methoxy groups -OCH3 is 1. The van der Waals surface area contributed by atoms with Crippen molar-refractivity contribution in [2.24, 2.45) is 4.99 Å². The van der Waals surface area contributed by atoms with Gasteiger partial charge in [-0.15, -0.1) is 0 Å². The quantitative estimate of drug-likeness (QED) is 0.301. The van der Waals surface area contributed by atoms with E-state index in [1.165, 1.54) is 7.11 Å². The molecule has 1 aromatic heterocycles. The maximum absolute atomic E-state index is 13.0. The standard InChI is InChI=1S/C27H33N5O3/c1-7-32-20(5)24(19(4)31-32)11-12-28-27(29-23-10-8-9-21(16-23)26(34)35-6)30-25(33)22-14-17(2)13-18(3)15-22/h8-10,13-16H,7,11-12H2,1-6H3,(H2,28,29,30,33). The second-order valence-corrected chi connectivity index (χ2v) is 8.47. The fraction of sp³-hybridized carbons (Fsp3) is 0.333. The van der Waals surface area contributed by atoms with Crippen molar-refractivity contribution in [2.75, 3.05) is 19.0 Å². The van der Waals surface area contributed by atoms with Crippen LogP contribution < -0.4 is 10.6 Å². The van der Waals surface area contributed by atoms with Crippen LogP contribution in [0, 0.1) is 27.7 Å². The molecule has 0 unspecified atom stereocenters. The fourth-order valence-electron chi connectivity index (χ4n) is 4.06. The van der Waals surface area contributed by atoms with Gasteiger partial charge in [0.1, 0.15) is 0 Å². The van der Waals surface area contributed by atoms with Gasteiger partial charge < -0.3 is 10.1 Å². The number of carbonyl (C=O) groups excluding carboxylic acids is 2. The number of rotatable bonds is 7. The summed E-state index contributed by atoms with van der Waals surface area (Å²) in [6, 6.07) is 12.5. The van der Waals surface area contributed by atoms with Crippen LogP contribution in [-0.4, -0.2) is 41.3 Å². The second kappa shape index (κ2) is 11.5. The molecule has 8 heteroatoms. The van der Waals surface area contributed by atoms with Crippen LogP contribution in [0.25, 0.3) is 0 Å². The molecule has 0 saturated heterocycles. The first-order chi connectivity index (χ1) is 16.7. The number of aryl methyl sites for hydroxylation is 4. The lowest BCUT2D eigenvalue weighted by molar-refractivity contribution is 0.0600. The van der Waals surface area contributed by atoms with Gasteiger partial charge in [0.15, 0.2) is 0 Å². The summed E-state index contributed by atoms with van der Waals surface area (Å²) < 4.78 is 6.79. The highest BCUT2D eigenvalue weighted by molar-refractivity contribution is 6.10. The van der Waals surface area contributed by atoms with Crippen LogP contribution in [0.5, 0.6) is 0 Å². The summed E-state index contributed by atoms with van der Waals surface area (Å²) in [5.41, 5.74) is 6.84. The van der Waals surface area contributed by atoms with Crippen molar-refractivity contribution >= 4 is 23.5 Å². The van der Waals surface area contributed by atoms with Crippen molar-refractivity contribution in [2.45, 2.75) is 47.6 Å². The molecule has 35 heavy (non-hydrogen) atoms. The molecule has 184 valence electrons. The number of aromatic nitrogens is 2. The first kappa shape index (κ1) is 25.7. The zero-order valence-electron chi connectivity index (χ0n) is 21.2. The van der Waals surface area contributed by atoms with Crippen molar-refractivity contribution < 1.29 is 14.3 Å². The highest BCUT2D eigenvalue weighted by Gasteiger charge is 2.13. The van der Waals surface area contributed by atoms with Gasteiger partial charge in [-0.05, 0) is 76.9 Å². The van der Waals surface area contributed by atoms with Crippen LogP contribution in [0.2, 0.25) is 0 Å². The van der Waals surface area contributed by atoms with Crippen LogP contribution in [0.1, 0.15) is 55.7 Å². The molecule has 2 N–H and O–H groups in total. The van der Waals surface area contributed by atoms with Gasteiger partial charge >= 0.3 is 5.97 Å². The van der Waals surface area contributed by atoms with Crippen molar-refractivity contribution in [1.29, 1.82) is 0 Å². The van der Waals surface area contributed by atoms with E-state index in [0.29, 0.717) is 35.7 Å². The Labute approximate surface area is 206 Å². The number of hydrogen-bond acceptors (Lipinski definition) is 5. The average molecular weight is 476 g/mol. The Kier molecular flexibility index (Phi) is 8.41. The van der Waals surface area contributed by atoms with Crippen molar-refractivity contribution in [3.8, 4) is 0 Å². The number of carbonyl (C=O) groups is 2. The van der Waals surface area contributed by atoms with Gasteiger partial charge in [-0.2, -0.15) is 5.10 Å². The number of amides is 1. The molecule has 1 amide bonds. The third-order valence-electron chi connectivity index (χ3n) is 5.72. The van der Waals surface area contributed by atoms with Crippen LogP contribution in [0.3, 0.4) is 0 Å². The van der Waals surface area contributed by atoms with Crippen LogP contribution in [0.15, 0.2) is 47.5 Å².